The van der Waals surface area contributed by atoms with E-state index < -0.39 is 11.9 Å². The number of esters is 1. The third kappa shape index (κ3) is 3.66. The molecular weight excluding hydrogens is 452 g/mol. The number of hydrogen-bond acceptors (Lipinski definition) is 6. The third-order valence-electron chi connectivity index (χ3n) is 5.86. The standard InChI is InChI=1S/C27H19ClN2O4/c1-14-6-9-22-20(10-14)15(2)25(33-22)27(31)32-18-7-8-19-23(12-18)34-26(30)21(13-29)24(19)16-4-3-5-17(28)11-16/h3-12,24H,30H2,1-2H3. The summed E-state index contributed by atoms with van der Waals surface area (Å²) >= 11 is 6.18. The van der Waals surface area contributed by atoms with E-state index in [2.05, 4.69) is 6.07 Å². The second-order valence-electron chi connectivity index (χ2n) is 8.12. The van der Waals surface area contributed by atoms with Gasteiger partial charge in [0.2, 0.25) is 11.6 Å². The fourth-order valence-corrected chi connectivity index (χ4v) is 4.41. The number of ether oxygens (including phenoxy) is 2. The maximum absolute atomic E-state index is 12.9. The molecule has 7 heteroatoms. The van der Waals surface area contributed by atoms with Gasteiger partial charge in [-0.1, -0.05) is 41.4 Å². The van der Waals surface area contributed by atoms with Crippen LogP contribution in [0.5, 0.6) is 11.5 Å². The molecule has 1 unspecified atom stereocenters. The minimum absolute atomic E-state index is 0.00745. The van der Waals surface area contributed by atoms with Gasteiger partial charge in [0.15, 0.2) is 0 Å². The first-order chi connectivity index (χ1) is 16.4. The number of nitrogens with zero attached hydrogens (tertiary/aromatic N) is 1. The zero-order chi connectivity index (χ0) is 24.0. The minimum atomic E-state index is -0.616. The number of nitriles is 1. The Kier molecular flexibility index (Phi) is 5.27. The van der Waals surface area contributed by atoms with Gasteiger partial charge in [0, 0.05) is 27.6 Å². The van der Waals surface area contributed by atoms with Gasteiger partial charge in [-0.15, -0.1) is 0 Å². The largest absolute Gasteiger partial charge is 0.449 e. The Morgan fingerprint density at radius 2 is 1.94 bits per heavy atom. The molecule has 0 saturated heterocycles. The van der Waals surface area contributed by atoms with Gasteiger partial charge in [0.1, 0.15) is 28.7 Å². The lowest BCUT2D eigenvalue weighted by Crippen LogP contribution is -2.21. The first kappa shape index (κ1) is 21.6. The second kappa shape index (κ2) is 8.29. The summed E-state index contributed by atoms with van der Waals surface area (Å²) in [7, 11) is 0. The second-order valence-corrected chi connectivity index (χ2v) is 8.56. The van der Waals surface area contributed by atoms with Gasteiger partial charge >= 0.3 is 5.97 Å². The number of carbonyl (C=O) groups is 1. The number of fused-ring (bicyclic) bond motifs is 2. The monoisotopic (exact) mass is 470 g/mol. The summed E-state index contributed by atoms with van der Waals surface area (Å²) in [5.74, 6) is -0.288. The molecule has 0 saturated carbocycles. The quantitative estimate of drug-likeness (QED) is 0.285. The zero-order valence-corrected chi connectivity index (χ0v) is 19.1. The van der Waals surface area contributed by atoms with Crippen molar-refractivity contribution in [3.8, 4) is 17.6 Å². The number of furan rings is 1. The summed E-state index contributed by atoms with van der Waals surface area (Å²) in [5.41, 5.74) is 10.3. The number of allylic oxidation sites excluding steroid dienone is 1. The fourth-order valence-electron chi connectivity index (χ4n) is 4.21. The van der Waals surface area contributed by atoms with Crippen molar-refractivity contribution in [1.29, 1.82) is 5.26 Å². The fraction of sp³-hybridized carbons (Fsp3) is 0.111. The maximum Gasteiger partial charge on any atom is 0.379 e. The average molecular weight is 471 g/mol. The lowest BCUT2D eigenvalue weighted by Gasteiger charge is -2.26. The van der Waals surface area contributed by atoms with Crippen LogP contribution in [0.4, 0.5) is 0 Å². The van der Waals surface area contributed by atoms with Crippen molar-refractivity contribution < 1.29 is 18.7 Å². The first-order valence-corrected chi connectivity index (χ1v) is 10.9. The molecule has 2 N–H and O–H groups in total. The lowest BCUT2D eigenvalue weighted by molar-refractivity contribution is 0.0702. The van der Waals surface area contributed by atoms with Crippen LogP contribution in [0.25, 0.3) is 11.0 Å². The van der Waals surface area contributed by atoms with E-state index in [1.54, 1.807) is 30.3 Å². The molecule has 1 aromatic heterocycles. The van der Waals surface area contributed by atoms with Crippen LogP contribution in [0.2, 0.25) is 5.02 Å². The Morgan fingerprint density at radius 3 is 2.71 bits per heavy atom. The van der Waals surface area contributed by atoms with Crippen LogP contribution in [0.1, 0.15) is 38.7 Å². The van der Waals surface area contributed by atoms with E-state index in [1.807, 2.05) is 44.2 Å². The highest BCUT2D eigenvalue weighted by Crippen LogP contribution is 2.44. The van der Waals surface area contributed by atoms with Crippen molar-refractivity contribution in [2.24, 2.45) is 5.73 Å². The summed E-state index contributed by atoms with van der Waals surface area (Å²) in [5, 5.41) is 11.1. The summed E-state index contributed by atoms with van der Waals surface area (Å²) in [6.45, 7) is 3.80. The Morgan fingerprint density at radius 1 is 1.12 bits per heavy atom. The van der Waals surface area contributed by atoms with Gasteiger partial charge < -0.3 is 19.6 Å². The Bertz CT molecular complexity index is 1540. The van der Waals surface area contributed by atoms with Crippen LogP contribution in [-0.4, -0.2) is 5.97 Å². The van der Waals surface area contributed by atoms with Gasteiger partial charge in [-0.25, -0.2) is 4.79 Å². The van der Waals surface area contributed by atoms with Crippen LogP contribution >= 0.6 is 11.6 Å². The molecule has 0 radical (unpaired) electrons. The summed E-state index contributed by atoms with van der Waals surface area (Å²) < 4.78 is 17.1. The number of rotatable bonds is 3. The number of hydrogen-bond donors (Lipinski definition) is 1. The van der Waals surface area contributed by atoms with Gasteiger partial charge in [0.25, 0.3) is 0 Å². The summed E-state index contributed by atoms with van der Waals surface area (Å²) in [4.78, 5) is 12.9. The number of benzene rings is 3. The number of halogens is 1. The number of carbonyl (C=O) groups excluding carboxylic acids is 1. The predicted octanol–water partition coefficient (Wildman–Crippen LogP) is 6.14. The van der Waals surface area contributed by atoms with Crippen molar-refractivity contribution in [2.75, 3.05) is 0 Å². The molecule has 4 aromatic rings. The summed E-state index contributed by atoms with van der Waals surface area (Å²) in [6.07, 6.45) is 0. The molecular formula is C27H19ClN2O4. The number of aryl methyl sites for hydroxylation is 2. The van der Waals surface area contributed by atoms with Crippen LogP contribution < -0.4 is 15.2 Å². The topological polar surface area (TPSA) is 98.5 Å². The molecule has 0 aliphatic carbocycles. The third-order valence-corrected chi connectivity index (χ3v) is 6.10. The Hall–Kier alpha value is -4.21. The SMILES string of the molecule is Cc1ccc2oc(C(=O)Oc3ccc4c(c3)OC(N)=C(C#N)C4c3cccc(Cl)c3)c(C)c2c1. The van der Waals surface area contributed by atoms with Gasteiger partial charge in [0.05, 0.1) is 5.92 Å². The van der Waals surface area contributed by atoms with E-state index in [0.29, 0.717) is 27.5 Å². The Balaban J connectivity index is 1.50. The molecule has 3 aromatic carbocycles. The predicted molar refractivity (Wildman–Crippen MR) is 128 cm³/mol. The molecule has 0 bridgehead atoms. The first-order valence-electron chi connectivity index (χ1n) is 10.5. The van der Waals surface area contributed by atoms with Crippen LogP contribution in [0, 0.1) is 25.2 Å². The van der Waals surface area contributed by atoms with E-state index in [4.69, 9.17) is 31.2 Å². The molecule has 168 valence electrons. The smallest absolute Gasteiger partial charge is 0.379 e. The maximum atomic E-state index is 12.9. The van der Waals surface area contributed by atoms with Gasteiger partial charge in [-0.3, -0.25) is 0 Å². The molecule has 0 fully saturated rings. The Labute approximate surface area is 200 Å². The highest BCUT2D eigenvalue weighted by Gasteiger charge is 2.31. The van der Waals surface area contributed by atoms with E-state index in [1.165, 1.54) is 0 Å². The van der Waals surface area contributed by atoms with Crippen molar-refractivity contribution >= 4 is 28.5 Å². The van der Waals surface area contributed by atoms with Gasteiger partial charge in [-0.05, 0) is 49.7 Å². The molecule has 2 heterocycles. The van der Waals surface area contributed by atoms with Crippen molar-refractivity contribution in [2.45, 2.75) is 19.8 Å². The van der Waals surface area contributed by atoms with E-state index >= 15 is 0 Å². The average Bonchev–Trinajstić information content (AvgIpc) is 3.14. The molecule has 34 heavy (non-hydrogen) atoms. The highest BCUT2D eigenvalue weighted by atomic mass is 35.5. The highest BCUT2D eigenvalue weighted by molar-refractivity contribution is 6.30. The molecule has 1 aliphatic heterocycles. The molecule has 0 amide bonds. The molecule has 1 aliphatic rings. The van der Waals surface area contributed by atoms with Gasteiger partial charge in [-0.2, -0.15) is 5.26 Å². The minimum Gasteiger partial charge on any atom is -0.449 e. The number of nitrogens with two attached hydrogens (primary N) is 1. The van der Waals surface area contributed by atoms with Crippen LogP contribution in [-0.2, 0) is 0 Å². The van der Waals surface area contributed by atoms with E-state index in [0.717, 1.165) is 16.5 Å². The molecule has 1 atom stereocenters. The zero-order valence-electron chi connectivity index (χ0n) is 18.4. The lowest BCUT2D eigenvalue weighted by atomic mass is 9.83. The molecule has 5 rings (SSSR count). The van der Waals surface area contributed by atoms with E-state index in [-0.39, 0.29) is 23.0 Å². The molecule has 6 nitrogen and oxygen atoms in total. The molecule has 0 spiro atoms. The van der Waals surface area contributed by atoms with Crippen molar-refractivity contribution in [1.82, 2.24) is 0 Å². The van der Waals surface area contributed by atoms with Crippen LogP contribution in [0.15, 0.2) is 76.5 Å². The normalized spacial score (nSPS) is 14.9. The van der Waals surface area contributed by atoms with E-state index in [9.17, 15) is 10.1 Å². The van der Waals surface area contributed by atoms with Crippen LogP contribution in [0.3, 0.4) is 0 Å². The summed E-state index contributed by atoms with van der Waals surface area (Å²) in [6, 6.07) is 20.1. The van der Waals surface area contributed by atoms with Crippen molar-refractivity contribution in [3.05, 3.63) is 105 Å². The van der Waals surface area contributed by atoms with Crippen molar-refractivity contribution in [3.63, 3.8) is 0 Å².